The van der Waals surface area contributed by atoms with Crippen molar-refractivity contribution >= 4 is 21.4 Å². The standard InChI is InChI=1S/C14H23N3O4S/c1-10(7-8-14(2,3)4)16-12-6-5-11(22(15,20)21)9-13(12)17(18)19/h5-6,9-10,16H,7-8H2,1-4H3,(H2,15,20,21). The maximum atomic E-state index is 11.3. The molecule has 124 valence electrons. The second-order valence-corrected chi connectivity index (χ2v) is 8.19. The Bertz CT molecular complexity index is 651. The summed E-state index contributed by atoms with van der Waals surface area (Å²) in [4.78, 5) is 10.2. The lowest BCUT2D eigenvalue weighted by molar-refractivity contribution is -0.384. The summed E-state index contributed by atoms with van der Waals surface area (Å²) in [5, 5.41) is 19.2. The van der Waals surface area contributed by atoms with E-state index < -0.39 is 14.9 Å². The van der Waals surface area contributed by atoms with Crippen molar-refractivity contribution in [1.82, 2.24) is 0 Å². The number of hydrogen-bond acceptors (Lipinski definition) is 5. The molecule has 7 nitrogen and oxygen atoms in total. The fourth-order valence-electron chi connectivity index (χ4n) is 1.95. The molecule has 0 heterocycles. The number of nitro groups is 1. The average Bonchev–Trinajstić information content (AvgIpc) is 2.34. The molecule has 1 aromatic carbocycles. The second kappa shape index (κ2) is 6.62. The average molecular weight is 329 g/mol. The van der Waals surface area contributed by atoms with E-state index in [1.54, 1.807) is 0 Å². The van der Waals surface area contributed by atoms with Crippen molar-refractivity contribution in [1.29, 1.82) is 0 Å². The van der Waals surface area contributed by atoms with Crippen LogP contribution in [0.15, 0.2) is 23.1 Å². The van der Waals surface area contributed by atoms with Gasteiger partial charge in [0, 0.05) is 12.1 Å². The van der Waals surface area contributed by atoms with E-state index >= 15 is 0 Å². The molecule has 0 aliphatic heterocycles. The van der Waals surface area contributed by atoms with Gasteiger partial charge in [0.25, 0.3) is 5.69 Å². The molecule has 0 fully saturated rings. The number of anilines is 1. The van der Waals surface area contributed by atoms with Gasteiger partial charge in [-0.1, -0.05) is 20.8 Å². The quantitative estimate of drug-likeness (QED) is 0.615. The maximum Gasteiger partial charge on any atom is 0.293 e. The third kappa shape index (κ3) is 5.61. The van der Waals surface area contributed by atoms with E-state index in [9.17, 15) is 18.5 Å². The van der Waals surface area contributed by atoms with Crippen LogP contribution >= 0.6 is 0 Å². The zero-order valence-electron chi connectivity index (χ0n) is 13.3. The van der Waals surface area contributed by atoms with E-state index in [-0.39, 0.29) is 22.0 Å². The summed E-state index contributed by atoms with van der Waals surface area (Å²) in [5.74, 6) is 0. The Labute approximate surface area is 131 Å². The number of nitrogens with one attached hydrogen (secondary N) is 1. The highest BCUT2D eigenvalue weighted by Crippen LogP contribution is 2.29. The third-order valence-electron chi connectivity index (χ3n) is 3.22. The van der Waals surface area contributed by atoms with E-state index in [1.165, 1.54) is 12.1 Å². The largest absolute Gasteiger partial charge is 0.377 e. The number of sulfonamides is 1. The van der Waals surface area contributed by atoms with Gasteiger partial charge in [0.2, 0.25) is 10.0 Å². The molecule has 0 amide bonds. The van der Waals surface area contributed by atoms with Gasteiger partial charge in [-0.2, -0.15) is 0 Å². The van der Waals surface area contributed by atoms with E-state index in [2.05, 4.69) is 26.1 Å². The third-order valence-corrected chi connectivity index (χ3v) is 4.13. The van der Waals surface area contributed by atoms with Crippen molar-refractivity contribution in [2.45, 2.75) is 51.5 Å². The van der Waals surface area contributed by atoms with Gasteiger partial charge in [-0.05, 0) is 37.3 Å². The maximum absolute atomic E-state index is 11.3. The van der Waals surface area contributed by atoms with Crippen molar-refractivity contribution < 1.29 is 13.3 Å². The zero-order valence-corrected chi connectivity index (χ0v) is 14.1. The fourth-order valence-corrected chi connectivity index (χ4v) is 2.48. The van der Waals surface area contributed by atoms with Gasteiger partial charge < -0.3 is 5.32 Å². The highest BCUT2D eigenvalue weighted by Gasteiger charge is 2.20. The summed E-state index contributed by atoms with van der Waals surface area (Å²) < 4.78 is 22.6. The zero-order chi connectivity index (χ0) is 17.1. The molecule has 0 spiro atoms. The van der Waals surface area contributed by atoms with Crippen LogP contribution in [-0.4, -0.2) is 19.4 Å². The molecular weight excluding hydrogens is 306 g/mol. The summed E-state index contributed by atoms with van der Waals surface area (Å²) in [6.07, 6.45) is 1.81. The lowest BCUT2D eigenvalue weighted by Gasteiger charge is -2.22. The van der Waals surface area contributed by atoms with E-state index in [0.29, 0.717) is 5.69 Å². The fraction of sp³-hybridized carbons (Fsp3) is 0.571. The molecule has 0 aromatic heterocycles. The molecule has 1 rings (SSSR count). The van der Waals surface area contributed by atoms with Gasteiger partial charge >= 0.3 is 0 Å². The SMILES string of the molecule is CC(CCC(C)(C)C)Nc1ccc(S(N)(=O)=O)cc1[N+](=O)[O-]. The summed E-state index contributed by atoms with van der Waals surface area (Å²) in [5.41, 5.74) is 0.173. The molecule has 1 aromatic rings. The lowest BCUT2D eigenvalue weighted by Crippen LogP contribution is -2.19. The van der Waals surface area contributed by atoms with Gasteiger partial charge in [-0.25, -0.2) is 13.6 Å². The minimum absolute atomic E-state index is 0.0262. The van der Waals surface area contributed by atoms with Gasteiger partial charge in [0.1, 0.15) is 5.69 Å². The van der Waals surface area contributed by atoms with Crippen LogP contribution in [0.3, 0.4) is 0 Å². The summed E-state index contributed by atoms with van der Waals surface area (Å²) in [6, 6.07) is 3.65. The van der Waals surface area contributed by atoms with Crippen LogP contribution in [0.5, 0.6) is 0 Å². The Morgan fingerprint density at radius 3 is 2.41 bits per heavy atom. The molecular formula is C14H23N3O4S. The first-order valence-electron chi connectivity index (χ1n) is 6.98. The molecule has 22 heavy (non-hydrogen) atoms. The van der Waals surface area contributed by atoms with Gasteiger partial charge in [0.15, 0.2) is 0 Å². The summed E-state index contributed by atoms with van der Waals surface area (Å²) in [7, 11) is -3.97. The van der Waals surface area contributed by atoms with Crippen LogP contribution in [0.25, 0.3) is 0 Å². The first kappa shape index (κ1) is 18.4. The predicted octanol–water partition coefficient (Wildman–Crippen LogP) is 2.87. The van der Waals surface area contributed by atoms with E-state index in [1.807, 2.05) is 6.92 Å². The van der Waals surface area contributed by atoms with Crippen LogP contribution in [0, 0.1) is 15.5 Å². The lowest BCUT2D eigenvalue weighted by atomic mass is 9.89. The van der Waals surface area contributed by atoms with Crippen molar-refractivity contribution in [2.24, 2.45) is 10.6 Å². The van der Waals surface area contributed by atoms with E-state index in [0.717, 1.165) is 18.9 Å². The molecule has 0 saturated carbocycles. The number of nitrogens with two attached hydrogens (primary N) is 1. The number of rotatable bonds is 6. The van der Waals surface area contributed by atoms with Gasteiger partial charge in [-0.15, -0.1) is 0 Å². The molecule has 0 bridgehead atoms. The normalized spacial score (nSPS) is 13.7. The Kier molecular flexibility index (Phi) is 5.53. The second-order valence-electron chi connectivity index (χ2n) is 6.63. The van der Waals surface area contributed by atoms with Crippen LogP contribution < -0.4 is 10.5 Å². The van der Waals surface area contributed by atoms with E-state index in [4.69, 9.17) is 5.14 Å². The molecule has 0 radical (unpaired) electrons. The molecule has 3 N–H and O–H groups in total. The number of primary sulfonamides is 1. The summed E-state index contributed by atoms with van der Waals surface area (Å²) >= 11 is 0. The monoisotopic (exact) mass is 329 g/mol. The van der Waals surface area contributed by atoms with Crippen LogP contribution in [0.1, 0.15) is 40.5 Å². The number of nitro benzene ring substituents is 1. The van der Waals surface area contributed by atoms with Crippen LogP contribution in [-0.2, 0) is 10.0 Å². The molecule has 0 aliphatic carbocycles. The first-order chi connectivity index (χ1) is 9.90. The minimum atomic E-state index is -3.97. The molecule has 8 heteroatoms. The van der Waals surface area contributed by atoms with Gasteiger partial charge in [0.05, 0.1) is 9.82 Å². The Morgan fingerprint density at radius 1 is 1.36 bits per heavy atom. The van der Waals surface area contributed by atoms with Crippen molar-refractivity contribution in [3.63, 3.8) is 0 Å². The molecule has 0 saturated heterocycles. The summed E-state index contributed by atoms with van der Waals surface area (Å²) in [6.45, 7) is 8.32. The Morgan fingerprint density at radius 2 is 1.95 bits per heavy atom. The topological polar surface area (TPSA) is 115 Å². The van der Waals surface area contributed by atoms with Crippen LogP contribution in [0.2, 0.25) is 0 Å². The predicted molar refractivity (Wildman–Crippen MR) is 86.2 cm³/mol. The van der Waals surface area contributed by atoms with Crippen molar-refractivity contribution in [2.75, 3.05) is 5.32 Å². The van der Waals surface area contributed by atoms with Crippen molar-refractivity contribution in [3.05, 3.63) is 28.3 Å². The van der Waals surface area contributed by atoms with Gasteiger partial charge in [-0.3, -0.25) is 10.1 Å². The Hall–Kier alpha value is -1.67. The minimum Gasteiger partial charge on any atom is -0.377 e. The molecule has 0 aliphatic rings. The number of nitrogens with zero attached hydrogens (tertiary/aromatic N) is 1. The van der Waals surface area contributed by atoms with Crippen molar-refractivity contribution in [3.8, 4) is 0 Å². The highest BCUT2D eigenvalue weighted by molar-refractivity contribution is 7.89. The Balaban J connectivity index is 2.98. The smallest absolute Gasteiger partial charge is 0.293 e. The highest BCUT2D eigenvalue weighted by atomic mass is 32.2. The molecule has 1 unspecified atom stereocenters. The number of benzene rings is 1. The van der Waals surface area contributed by atoms with Crippen LogP contribution in [0.4, 0.5) is 11.4 Å². The molecule has 1 atom stereocenters. The first-order valence-corrected chi connectivity index (χ1v) is 8.52. The number of hydrogen-bond donors (Lipinski definition) is 2.